The maximum Gasteiger partial charge on any atom is 0.252 e. The summed E-state index contributed by atoms with van der Waals surface area (Å²) in [5.74, 6) is 6.46. The highest BCUT2D eigenvalue weighted by molar-refractivity contribution is 5.80. The van der Waals surface area contributed by atoms with Gasteiger partial charge in [-0.2, -0.15) is 0 Å². The molecule has 0 bridgehead atoms. The topological polar surface area (TPSA) is 45.3 Å². The van der Waals surface area contributed by atoms with Gasteiger partial charge in [-0.25, -0.2) is 0 Å². The minimum Gasteiger partial charge on any atom is -0.379 e. The first-order valence-electron chi connectivity index (χ1n) is 9.27. The molecule has 1 aromatic heterocycles. The monoisotopic (exact) mass is 358 g/mol. The summed E-state index contributed by atoms with van der Waals surface area (Å²) in [6.45, 7) is 3.84. The minimum atomic E-state index is -0.0168. The smallest absolute Gasteiger partial charge is 0.252 e. The standard InChI is InChI=1S/C23H22N2O2/c26-23-21(17-25-11-13-27-14-12-25)16-20-15-19(9-10-22(20)24-23)8-4-7-18-5-2-1-3-6-18/h1-3,5-6,9-10,15-16H,7,11-14,17H2,(H,24,26). The molecular formula is C23H22N2O2. The predicted molar refractivity (Wildman–Crippen MR) is 108 cm³/mol. The SMILES string of the molecule is O=c1[nH]c2ccc(C#CCc3ccccc3)cc2cc1CN1CCOCC1. The Balaban J connectivity index is 1.55. The molecule has 1 saturated heterocycles. The average Bonchev–Trinajstić information content (AvgIpc) is 2.70. The van der Waals surface area contributed by atoms with Crippen molar-refractivity contribution in [3.63, 3.8) is 0 Å². The fourth-order valence-corrected chi connectivity index (χ4v) is 3.29. The first-order chi connectivity index (χ1) is 13.3. The Morgan fingerprint density at radius 3 is 2.67 bits per heavy atom. The van der Waals surface area contributed by atoms with E-state index in [1.165, 1.54) is 5.56 Å². The van der Waals surface area contributed by atoms with Crippen LogP contribution in [0.2, 0.25) is 0 Å². The Morgan fingerprint density at radius 2 is 1.85 bits per heavy atom. The molecule has 0 radical (unpaired) electrons. The summed E-state index contributed by atoms with van der Waals surface area (Å²) in [5, 5.41) is 1.02. The molecule has 0 spiro atoms. The Morgan fingerprint density at radius 1 is 1.04 bits per heavy atom. The molecule has 2 aromatic carbocycles. The number of morpholine rings is 1. The third-order valence-electron chi connectivity index (χ3n) is 4.79. The van der Waals surface area contributed by atoms with E-state index in [0.29, 0.717) is 6.54 Å². The van der Waals surface area contributed by atoms with E-state index in [-0.39, 0.29) is 5.56 Å². The number of fused-ring (bicyclic) bond motifs is 1. The zero-order valence-electron chi connectivity index (χ0n) is 15.2. The quantitative estimate of drug-likeness (QED) is 0.732. The summed E-state index contributed by atoms with van der Waals surface area (Å²) in [7, 11) is 0. The van der Waals surface area contributed by atoms with Gasteiger partial charge in [0.1, 0.15) is 0 Å². The number of rotatable bonds is 3. The molecule has 3 aromatic rings. The Hall–Kier alpha value is -2.87. The lowest BCUT2D eigenvalue weighted by Gasteiger charge is -2.26. The molecule has 1 fully saturated rings. The number of ether oxygens (including phenoxy) is 1. The number of pyridine rings is 1. The second-order valence-electron chi connectivity index (χ2n) is 6.78. The number of H-pyrrole nitrogens is 1. The maximum absolute atomic E-state index is 12.4. The highest BCUT2D eigenvalue weighted by Crippen LogP contribution is 2.15. The van der Waals surface area contributed by atoms with Crippen LogP contribution in [0.5, 0.6) is 0 Å². The lowest BCUT2D eigenvalue weighted by Crippen LogP contribution is -2.37. The van der Waals surface area contributed by atoms with Gasteiger partial charge in [0.15, 0.2) is 0 Å². The average molecular weight is 358 g/mol. The van der Waals surface area contributed by atoms with Gasteiger partial charge in [-0.15, -0.1) is 0 Å². The van der Waals surface area contributed by atoms with Gasteiger partial charge in [-0.1, -0.05) is 42.2 Å². The second kappa shape index (κ2) is 8.22. The van der Waals surface area contributed by atoms with Gasteiger partial charge in [0, 0.05) is 42.7 Å². The van der Waals surface area contributed by atoms with E-state index in [4.69, 9.17) is 4.74 Å². The number of nitrogens with one attached hydrogen (secondary N) is 1. The van der Waals surface area contributed by atoms with Crippen LogP contribution in [0.25, 0.3) is 10.9 Å². The third-order valence-corrected chi connectivity index (χ3v) is 4.79. The van der Waals surface area contributed by atoms with E-state index in [0.717, 1.165) is 54.8 Å². The number of hydrogen-bond acceptors (Lipinski definition) is 3. The van der Waals surface area contributed by atoms with E-state index in [1.54, 1.807) is 0 Å². The molecule has 4 nitrogen and oxygen atoms in total. The molecule has 136 valence electrons. The molecule has 4 rings (SSSR count). The second-order valence-corrected chi connectivity index (χ2v) is 6.78. The summed E-state index contributed by atoms with van der Waals surface area (Å²) < 4.78 is 5.38. The highest BCUT2D eigenvalue weighted by Gasteiger charge is 2.13. The predicted octanol–water partition coefficient (Wildman–Crippen LogP) is 2.95. The molecule has 1 N–H and O–H groups in total. The van der Waals surface area contributed by atoms with Gasteiger partial charge >= 0.3 is 0 Å². The number of aromatic nitrogens is 1. The van der Waals surface area contributed by atoms with Gasteiger partial charge in [0.25, 0.3) is 5.56 Å². The van der Waals surface area contributed by atoms with Crippen molar-refractivity contribution in [1.82, 2.24) is 9.88 Å². The minimum absolute atomic E-state index is 0.0168. The number of aromatic amines is 1. The van der Waals surface area contributed by atoms with E-state index < -0.39 is 0 Å². The van der Waals surface area contributed by atoms with Crippen molar-refractivity contribution in [2.45, 2.75) is 13.0 Å². The van der Waals surface area contributed by atoms with Crippen LogP contribution in [-0.4, -0.2) is 36.2 Å². The zero-order chi connectivity index (χ0) is 18.5. The summed E-state index contributed by atoms with van der Waals surface area (Å²) in [5.41, 5.74) is 3.79. The molecule has 0 atom stereocenters. The highest BCUT2D eigenvalue weighted by atomic mass is 16.5. The maximum atomic E-state index is 12.4. The van der Waals surface area contributed by atoms with Gasteiger partial charge in [-0.3, -0.25) is 9.69 Å². The van der Waals surface area contributed by atoms with Crippen LogP contribution < -0.4 is 5.56 Å². The van der Waals surface area contributed by atoms with Crippen LogP contribution in [0, 0.1) is 11.8 Å². The largest absolute Gasteiger partial charge is 0.379 e. The van der Waals surface area contributed by atoms with Gasteiger partial charge in [0.2, 0.25) is 0 Å². The molecule has 1 aliphatic rings. The van der Waals surface area contributed by atoms with Crippen molar-refractivity contribution in [1.29, 1.82) is 0 Å². The summed E-state index contributed by atoms with van der Waals surface area (Å²) in [6, 6.07) is 18.2. The van der Waals surface area contributed by atoms with Crippen molar-refractivity contribution in [2.24, 2.45) is 0 Å². The van der Waals surface area contributed by atoms with Gasteiger partial charge in [-0.05, 0) is 35.2 Å². The fourth-order valence-electron chi connectivity index (χ4n) is 3.29. The van der Waals surface area contributed by atoms with Crippen molar-refractivity contribution in [3.05, 3.63) is 81.6 Å². The van der Waals surface area contributed by atoms with Crippen LogP contribution in [0.3, 0.4) is 0 Å². The van der Waals surface area contributed by atoms with Crippen LogP contribution >= 0.6 is 0 Å². The Kier molecular flexibility index (Phi) is 5.34. The van der Waals surface area contributed by atoms with Gasteiger partial charge < -0.3 is 9.72 Å². The third kappa shape index (κ3) is 4.46. The number of hydrogen-bond donors (Lipinski definition) is 1. The van der Waals surface area contributed by atoms with E-state index in [2.05, 4.69) is 33.9 Å². The molecule has 0 saturated carbocycles. The van der Waals surface area contributed by atoms with E-state index in [9.17, 15) is 4.79 Å². The van der Waals surface area contributed by atoms with Crippen molar-refractivity contribution in [2.75, 3.05) is 26.3 Å². The molecule has 1 aliphatic heterocycles. The molecule has 27 heavy (non-hydrogen) atoms. The zero-order valence-corrected chi connectivity index (χ0v) is 15.2. The van der Waals surface area contributed by atoms with Crippen molar-refractivity contribution < 1.29 is 4.74 Å². The van der Waals surface area contributed by atoms with Crippen LogP contribution in [-0.2, 0) is 17.7 Å². The Bertz CT molecular complexity index is 1040. The fraction of sp³-hybridized carbons (Fsp3) is 0.261. The molecular weight excluding hydrogens is 336 g/mol. The molecule has 2 heterocycles. The van der Waals surface area contributed by atoms with Crippen LogP contribution in [0.1, 0.15) is 16.7 Å². The first kappa shape index (κ1) is 17.5. The van der Waals surface area contributed by atoms with E-state index >= 15 is 0 Å². The molecule has 4 heteroatoms. The lowest BCUT2D eigenvalue weighted by atomic mass is 10.1. The lowest BCUT2D eigenvalue weighted by molar-refractivity contribution is 0.0340. The van der Waals surface area contributed by atoms with Crippen molar-refractivity contribution >= 4 is 10.9 Å². The number of nitrogens with zero attached hydrogens (tertiary/aromatic N) is 1. The summed E-state index contributed by atoms with van der Waals surface area (Å²) >= 11 is 0. The van der Waals surface area contributed by atoms with E-state index in [1.807, 2.05) is 42.5 Å². The van der Waals surface area contributed by atoms with Gasteiger partial charge in [0.05, 0.1) is 13.2 Å². The normalized spacial score (nSPS) is 14.7. The molecule has 0 amide bonds. The van der Waals surface area contributed by atoms with Crippen LogP contribution in [0.4, 0.5) is 0 Å². The number of benzene rings is 2. The molecule has 0 aliphatic carbocycles. The molecule has 0 unspecified atom stereocenters. The Labute approximate surface area is 158 Å². The van der Waals surface area contributed by atoms with Crippen molar-refractivity contribution in [3.8, 4) is 11.8 Å². The summed E-state index contributed by atoms with van der Waals surface area (Å²) in [6.07, 6.45) is 0.729. The first-order valence-corrected chi connectivity index (χ1v) is 9.27. The van der Waals surface area contributed by atoms with Crippen LogP contribution in [0.15, 0.2) is 59.4 Å². The summed E-state index contributed by atoms with van der Waals surface area (Å²) in [4.78, 5) is 17.6.